The highest BCUT2D eigenvalue weighted by Crippen LogP contribution is 2.34. The van der Waals surface area contributed by atoms with E-state index in [9.17, 15) is 4.79 Å². The lowest BCUT2D eigenvalue weighted by Gasteiger charge is -2.37. The fraction of sp³-hybridized carbons (Fsp3) is 0.526. The first-order valence-corrected chi connectivity index (χ1v) is 9.12. The summed E-state index contributed by atoms with van der Waals surface area (Å²) in [6.07, 6.45) is 8.64. The minimum Gasteiger partial charge on any atom is -0.491 e. The largest absolute Gasteiger partial charge is 0.491 e. The second-order valence-corrected chi connectivity index (χ2v) is 6.91. The van der Waals surface area contributed by atoms with Crippen molar-refractivity contribution in [2.24, 2.45) is 5.92 Å². The molecule has 4 rings (SSSR count). The van der Waals surface area contributed by atoms with Crippen LogP contribution in [0.15, 0.2) is 30.7 Å². The second kappa shape index (κ2) is 6.86. The van der Waals surface area contributed by atoms with Crippen LogP contribution in [0.1, 0.15) is 43.4 Å². The van der Waals surface area contributed by atoms with Crippen molar-refractivity contribution in [1.82, 2.24) is 19.7 Å². The molecule has 3 heterocycles. The maximum atomic E-state index is 12.8. The smallest absolute Gasteiger partial charge is 0.226 e. The van der Waals surface area contributed by atoms with Gasteiger partial charge in [0, 0.05) is 36.7 Å². The molecule has 2 aliphatic rings. The molecule has 25 heavy (non-hydrogen) atoms. The Morgan fingerprint density at radius 3 is 2.92 bits per heavy atom. The Morgan fingerprint density at radius 2 is 2.24 bits per heavy atom. The summed E-state index contributed by atoms with van der Waals surface area (Å²) in [6, 6.07) is 3.77. The quantitative estimate of drug-likeness (QED) is 0.839. The normalized spacial score (nSPS) is 20.0. The van der Waals surface area contributed by atoms with E-state index in [1.807, 2.05) is 27.9 Å². The number of pyridine rings is 1. The molecule has 0 saturated heterocycles. The van der Waals surface area contributed by atoms with Gasteiger partial charge in [-0.2, -0.15) is 5.10 Å². The van der Waals surface area contributed by atoms with Crippen LogP contribution in [-0.4, -0.2) is 38.7 Å². The van der Waals surface area contributed by atoms with E-state index in [0.29, 0.717) is 25.6 Å². The van der Waals surface area contributed by atoms with Gasteiger partial charge >= 0.3 is 0 Å². The topological polar surface area (TPSA) is 60.2 Å². The highest BCUT2D eigenvalue weighted by Gasteiger charge is 2.36. The third kappa shape index (κ3) is 3.13. The van der Waals surface area contributed by atoms with E-state index >= 15 is 0 Å². The molecule has 0 spiro atoms. The molecule has 1 saturated carbocycles. The molecule has 1 fully saturated rings. The van der Waals surface area contributed by atoms with Gasteiger partial charge in [-0.3, -0.25) is 14.5 Å². The third-order valence-corrected chi connectivity index (χ3v) is 5.35. The zero-order chi connectivity index (χ0) is 17.2. The SMILES string of the molecule is CCn1ncc2c1CN(C(=O)C1CCC1)C[C@@H]2COc1cccnc1. The molecular weight excluding hydrogens is 316 g/mol. The summed E-state index contributed by atoms with van der Waals surface area (Å²) in [4.78, 5) is 18.9. The van der Waals surface area contributed by atoms with Crippen LogP contribution in [0.5, 0.6) is 5.75 Å². The Bertz CT molecular complexity index is 739. The number of hydrogen-bond donors (Lipinski definition) is 0. The van der Waals surface area contributed by atoms with Crippen LogP contribution in [0, 0.1) is 5.92 Å². The maximum absolute atomic E-state index is 12.8. The molecular formula is C19H24N4O2. The molecule has 6 heteroatoms. The maximum Gasteiger partial charge on any atom is 0.226 e. The molecule has 0 radical (unpaired) electrons. The molecule has 1 atom stereocenters. The van der Waals surface area contributed by atoms with Gasteiger partial charge in [0.15, 0.2) is 0 Å². The van der Waals surface area contributed by atoms with Crippen LogP contribution in [0.3, 0.4) is 0 Å². The fourth-order valence-electron chi connectivity index (χ4n) is 3.67. The van der Waals surface area contributed by atoms with Gasteiger partial charge in [0.05, 0.1) is 31.2 Å². The second-order valence-electron chi connectivity index (χ2n) is 6.91. The number of carbonyl (C=O) groups is 1. The summed E-state index contributed by atoms with van der Waals surface area (Å²) >= 11 is 0. The number of nitrogens with zero attached hydrogens (tertiary/aromatic N) is 4. The van der Waals surface area contributed by atoms with Crippen molar-refractivity contribution in [2.45, 2.75) is 45.2 Å². The molecule has 1 aliphatic carbocycles. The molecule has 132 valence electrons. The number of hydrogen-bond acceptors (Lipinski definition) is 4. The van der Waals surface area contributed by atoms with Crippen molar-refractivity contribution in [3.05, 3.63) is 42.0 Å². The minimum atomic E-state index is 0.147. The average molecular weight is 340 g/mol. The average Bonchev–Trinajstić information content (AvgIpc) is 3.02. The van der Waals surface area contributed by atoms with Crippen LogP contribution in [0.25, 0.3) is 0 Å². The number of amides is 1. The molecule has 6 nitrogen and oxygen atoms in total. The summed E-state index contributed by atoms with van der Waals surface area (Å²) in [6.45, 7) is 4.81. The van der Waals surface area contributed by atoms with Gasteiger partial charge in [0.25, 0.3) is 0 Å². The number of aryl methyl sites for hydroxylation is 1. The molecule has 1 amide bonds. The van der Waals surface area contributed by atoms with Crippen LogP contribution in [0.2, 0.25) is 0 Å². The van der Waals surface area contributed by atoms with Crippen LogP contribution < -0.4 is 4.74 Å². The van der Waals surface area contributed by atoms with E-state index < -0.39 is 0 Å². The summed E-state index contributed by atoms with van der Waals surface area (Å²) in [7, 11) is 0. The summed E-state index contributed by atoms with van der Waals surface area (Å²) in [5.74, 6) is 1.43. The van der Waals surface area contributed by atoms with Gasteiger partial charge in [-0.25, -0.2) is 0 Å². The zero-order valence-electron chi connectivity index (χ0n) is 14.6. The lowest BCUT2D eigenvalue weighted by Crippen LogP contribution is -2.44. The number of fused-ring (bicyclic) bond motifs is 1. The lowest BCUT2D eigenvalue weighted by atomic mass is 9.83. The molecule has 2 aromatic rings. The molecule has 0 bridgehead atoms. The van der Waals surface area contributed by atoms with Gasteiger partial charge in [-0.05, 0) is 31.9 Å². The van der Waals surface area contributed by atoms with Gasteiger partial charge in [-0.1, -0.05) is 6.42 Å². The van der Waals surface area contributed by atoms with Gasteiger partial charge < -0.3 is 9.64 Å². The predicted molar refractivity (Wildman–Crippen MR) is 93.1 cm³/mol. The summed E-state index contributed by atoms with van der Waals surface area (Å²) in [5, 5.41) is 4.51. The Labute approximate surface area is 147 Å². The highest BCUT2D eigenvalue weighted by molar-refractivity contribution is 5.80. The van der Waals surface area contributed by atoms with Crippen molar-refractivity contribution < 1.29 is 9.53 Å². The first-order valence-electron chi connectivity index (χ1n) is 9.12. The Morgan fingerprint density at radius 1 is 1.36 bits per heavy atom. The van der Waals surface area contributed by atoms with Crippen molar-refractivity contribution in [3.63, 3.8) is 0 Å². The van der Waals surface area contributed by atoms with E-state index in [1.54, 1.807) is 12.4 Å². The lowest BCUT2D eigenvalue weighted by molar-refractivity contribution is -0.139. The van der Waals surface area contributed by atoms with Crippen molar-refractivity contribution in [2.75, 3.05) is 13.2 Å². The van der Waals surface area contributed by atoms with Gasteiger partial charge in [0.2, 0.25) is 5.91 Å². The highest BCUT2D eigenvalue weighted by atomic mass is 16.5. The molecule has 0 N–H and O–H groups in total. The van der Waals surface area contributed by atoms with Crippen LogP contribution >= 0.6 is 0 Å². The van der Waals surface area contributed by atoms with E-state index in [2.05, 4.69) is 17.0 Å². The number of rotatable bonds is 5. The van der Waals surface area contributed by atoms with Crippen molar-refractivity contribution >= 4 is 5.91 Å². The summed E-state index contributed by atoms with van der Waals surface area (Å²) in [5.41, 5.74) is 2.37. The first kappa shape index (κ1) is 16.1. The van der Waals surface area contributed by atoms with E-state index in [-0.39, 0.29) is 11.8 Å². The van der Waals surface area contributed by atoms with Crippen LogP contribution in [0.4, 0.5) is 0 Å². The number of carbonyl (C=O) groups excluding carboxylic acids is 1. The summed E-state index contributed by atoms with van der Waals surface area (Å²) < 4.78 is 7.94. The first-order chi connectivity index (χ1) is 12.3. The number of aromatic nitrogens is 3. The molecule has 0 unspecified atom stereocenters. The molecule has 1 aliphatic heterocycles. The molecule has 0 aromatic carbocycles. The van der Waals surface area contributed by atoms with E-state index in [0.717, 1.165) is 30.8 Å². The van der Waals surface area contributed by atoms with Crippen LogP contribution in [-0.2, 0) is 17.9 Å². The van der Waals surface area contributed by atoms with E-state index in [1.165, 1.54) is 12.0 Å². The zero-order valence-corrected chi connectivity index (χ0v) is 14.6. The Hall–Kier alpha value is -2.37. The Kier molecular flexibility index (Phi) is 4.42. The number of ether oxygens (including phenoxy) is 1. The monoisotopic (exact) mass is 340 g/mol. The fourth-order valence-corrected chi connectivity index (χ4v) is 3.67. The van der Waals surface area contributed by atoms with E-state index in [4.69, 9.17) is 4.74 Å². The van der Waals surface area contributed by atoms with Gasteiger partial charge in [0.1, 0.15) is 5.75 Å². The Balaban J connectivity index is 1.54. The predicted octanol–water partition coefficient (Wildman–Crippen LogP) is 2.60. The standard InChI is InChI=1S/C19H24N4O2/c1-2-23-18-12-22(19(24)14-5-3-6-14)11-15(17(18)10-21-23)13-25-16-7-4-8-20-9-16/h4,7-10,14-15H,2-3,5-6,11-13H2,1H3/t15-/m1/s1. The third-order valence-electron chi connectivity index (χ3n) is 5.35. The molecule has 2 aromatic heterocycles. The van der Waals surface area contributed by atoms with Crippen molar-refractivity contribution in [3.8, 4) is 5.75 Å². The van der Waals surface area contributed by atoms with Crippen molar-refractivity contribution in [1.29, 1.82) is 0 Å². The minimum absolute atomic E-state index is 0.147. The van der Waals surface area contributed by atoms with Gasteiger partial charge in [-0.15, -0.1) is 0 Å².